The van der Waals surface area contributed by atoms with Crippen molar-refractivity contribution < 1.29 is 0 Å². The van der Waals surface area contributed by atoms with E-state index in [2.05, 4.69) is 135 Å². The average Bonchev–Trinajstić information content (AvgIpc) is 2.88. The van der Waals surface area contributed by atoms with E-state index in [9.17, 15) is 0 Å². The summed E-state index contributed by atoms with van der Waals surface area (Å²) in [6.07, 6.45) is 18.4. The maximum Gasteiger partial charge on any atom is 0.0340 e. The van der Waals surface area contributed by atoms with Crippen molar-refractivity contribution in [1.82, 2.24) is 5.32 Å². The number of hydrogen-bond acceptors (Lipinski definition) is 1. The molecular weight excluding hydrogens is 458 g/mol. The minimum absolute atomic E-state index is 0.0322. The molecular formula is C37H55N. The fraction of sp³-hybridized carbons (Fsp3) is 0.514. The van der Waals surface area contributed by atoms with Gasteiger partial charge in [0.05, 0.1) is 0 Å². The lowest BCUT2D eigenvalue weighted by Crippen LogP contribution is -2.36. The van der Waals surface area contributed by atoms with Gasteiger partial charge in [0, 0.05) is 23.1 Å². The van der Waals surface area contributed by atoms with Crippen molar-refractivity contribution in [3.8, 4) is 0 Å². The lowest BCUT2D eigenvalue weighted by atomic mass is 9.58. The van der Waals surface area contributed by atoms with E-state index in [1.54, 1.807) is 0 Å². The molecule has 1 aromatic carbocycles. The molecule has 0 saturated heterocycles. The van der Waals surface area contributed by atoms with Crippen molar-refractivity contribution in [3.05, 3.63) is 95.8 Å². The van der Waals surface area contributed by atoms with Gasteiger partial charge in [-0.05, 0) is 74.1 Å². The lowest BCUT2D eigenvalue weighted by molar-refractivity contribution is 0.309. The summed E-state index contributed by atoms with van der Waals surface area (Å²) in [6.45, 7) is 30.1. The Labute approximate surface area is 235 Å². The largest absolute Gasteiger partial charge is 0.385 e. The van der Waals surface area contributed by atoms with Crippen molar-refractivity contribution in [2.24, 2.45) is 16.2 Å². The van der Waals surface area contributed by atoms with E-state index in [-0.39, 0.29) is 16.2 Å². The van der Waals surface area contributed by atoms with Crippen LogP contribution in [-0.4, -0.2) is 6.54 Å². The van der Waals surface area contributed by atoms with Gasteiger partial charge in [0.2, 0.25) is 0 Å². The van der Waals surface area contributed by atoms with E-state index in [0.717, 1.165) is 56.3 Å². The van der Waals surface area contributed by atoms with E-state index < -0.39 is 0 Å². The summed E-state index contributed by atoms with van der Waals surface area (Å²) in [7, 11) is 0. The molecule has 1 N–H and O–H groups in total. The highest BCUT2D eigenvalue weighted by Gasteiger charge is 2.42. The molecule has 0 spiro atoms. The van der Waals surface area contributed by atoms with E-state index in [1.165, 1.54) is 27.8 Å². The zero-order valence-electron chi connectivity index (χ0n) is 26.1. The highest BCUT2D eigenvalue weighted by atomic mass is 14.9. The highest BCUT2D eigenvalue weighted by molar-refractivity contribution is 5.76. The van der Waals surface area contributed by atoms with Crippen molar-refractivity contribution >= 4 is 11.1 Å². The third kappa shape index (κ3) is 6.53. The van der Waals surface area contributed by atoms with Gasteiger partial charge in [-0.1, -0.05) is 133 Å². The van der Waals surface area contributed by atoms with Gasteiger partial charge in [0.15, 0.2) is 0 Å². The average molecular weight is 514 g/mol. The molecule has 1 atom stereocenters. The van der Waals surface area contributed by atoms with Crippen LogP contribution < -0.4 is 5.32 Å². The van der Waals surface area contributed by atoms with E-state index in [4.69, 9.17) is 0 Å². The number of hydrogen-bond donors (Lipinski definition) is 1. The first-order valence-corrected chi connectivity index (χ1v) is 14.9. The maximum absolute atomic E-state index is 4.64. The number of nitrogens with one attached hydrogen (secondary N) is 1. The van der Waals surface area contributed by atoms with Gasteiger partial charge in [-0.3, -0.25) is 0 Å². The third-order valence-corrected chi connectivity index (χ3v) is 8.99. The Morgan fingerprint density at radius 2 is 1.61 bits per heavy atom. The second-order valence-electron chi connectivity index (χ2n) is 12.0. The normalized spacial score (nSPS) is 21.0. The minimum Gasteiger partial charge on any atom is -0.385 e. The Kier molecular flexibility index (Phi) is 11.3. The van der Waals surface area contributed by atoms with Crippen molar-refractivity contribution in [2.75, 3.05) is 6.54 Å². The van der Waals surface area contributed by atoms with Gasteiger partial charge < -0.3 is 5.32 Å². The number of allylic oxidation sites excluding steroid dienone is 8. The summed E-state index contributed by atoms with van der Waals surface area (Å²) in [5.74, 6) is 0. The summed E-state index contributed by atoms with van der Waals surface area (Å²) in [4.78, 5) is 0. The number of benzene rings is 1. The summed E-state index contributed by atoms with van der Waals surface area (Å²) >= 11 is 0. The molecule has 0 amide bonds. The highest BCUT2D eigenvalue weighted by Crippen LogP contribution is 2.55. The summed E-state index contributed by atoms with van der Waals surface area (Å²) in [5.41, 5.74) is 9.19. The standard InChI is InChI=1S/C37H55N/c1-12-17-32(15-4)37(24-13-2,25-14-3)29(8)38-27-23-34-35(9,10)33(22-26-36(34,11)16-5)31-20-18-30(19-21-31)28(6)7/h12,15,17-23,38H,6,8,13-14,16,24-27H2,1-5,7,9-11H3/b17-12-,32-15+,34-23-. The molecule has 1 nitrogen and oxygen atoms in total. The Hall–Kier alpha value is -2.54. The zero-order chi connectivity index (χ0) is 28.6. The summed E-state index contributed by atoms with van der Waals surface area (Å²) < 4.78 is 0. The van der Waals surface area contributed by atoms with Gasteiger partial charge >= 0.3 is 0 Å². The predicted octanol–water partition coefficient (Wildman–Crippen LogP) is 11.1. The molecule has 0 aromatic heterocycles. The molecule has 0 fully saturated rings. The van der Waals surface area contributed by atoms with Crippen LogP contribution in [0.2, 0.25) is 0 Å². The first-order chi connectivity index (χ1) is 18.0. The second kappa shape index (κ2) is 13.5. The van der Waals surface area contributed by atoms with Crippen molar-refractivity contribution in [3.63, 3.8) is 0 Å². The quantitative estimate of drug-likeness (QED) is 0.204. The van der Waals surface area contributed by atoms with Gasteiger partial charge in [0.25, 0.3) is 0 Å². The van der Waals surface area contributed by atoms with Crippen molar-refractivity contribution in [2.45, 2.75) is 101 Å². The SMILES string of the molecule is C=C(C)c1ccc(C2=CCC(C)(CC)/C(=C\CNC(=C)C(CCC)(CCC)C(/C=C\C)=C/C)C2(C)C)cc1. The Morgan fingerprint density at radius 1 is 1.00 bits per heavy atom. The zero-order valence-corrected chi connectivity index (χ0v) is 26.1. The summed E-state index contributed by atoms with van der Waals surface area (Å²) in [6, 6.07) is 8.96. The second-order valence-corrected chi connectivity index (χ2v) is 12.0. The molecule has 1 aliphatic rings. The van der Waals surface area contributed by atoms with Gasteiger partial charge in [-0.15, -0.1) is 0 Å². The Balaban J connectivity index is 2.43. The fourth-order valence-corrected chi connectivity index (χ4v) is 6.74. The Bertz CT molecular complexity index is 1080. The topological polar surface area (TPSA) is 12.0 Å². The predicted molar refractivity (Wildman–Crippen MR) is 172 cm³/mol. The molecule has 0 aliphatic heterocycles. The van der Waals surface area contributed by atoms with Crippen LogP contribution >= 0.6 is 0 Å². The van der Waals surface area contributed by atoms with E-state index >= 15 is 0 Å². The monoisotopic (exact) mass is 513 g/mol. The molecule has 38 heavy (non-hydrogen) atoms. The van der Waals surface area contributed by atoms with Crippen LogP contribution in [0.4, 0.5) is 0 Å². The first kappa shape index (κ1) is 31.7. The molecule has 1 aliphatic carbocycles. The molecule has 2 rings (SSSR count). The summed E-state index contributed by atoms with van der Waals surface area (Å²) in [5, 5.41) is 3.81. The van der Waals surface area contributed by atoms with Gasteiger partial charge in [-0.25, -0.2) is 0 Å². The van der Waals surface area contributed by atoms with Gasteiger partial charge in [0.1, 0.15) is 0 Å². The van der Waals surface area contributed by atoms with Gasteiger partial charge in [-0.2, -0.15) is 0 Å². The lowest BCUT2D eigenvalue weighted by Gasteiger charge is -2.46. The van der Waals surface area contributed by atoms with Crippen LogP contribution in [0.1, 0.15) is 112 Å². The molecule has 0 bridgehead atoms. The molecule has 0 radical (unpaired) electrons. The van der Waals surface area contributed by atoms with Crippen LogP contribution in [0.5, 0.6) is 0 Å². The first-order valence-electron chi connectivity index (χ1n) is 14.9. The fourth-order valence-electron chi connectivity index (χ4n) is 6.74. The van der Waals surface area contributed by atoms with E-state index in [1.807, 2.05) is 0 Å². The minimum atomic E-state index is -0.0554. The Morgan fingerprint density at radius 3 is 2.08 bits per heavy atom. The number of rotatable bonds is 13. The third-order valence-electron chi connectivity index (χ3n) is 8.99. The maximum atomic E-state index is 4.64. The van der Waals surface area contributed by atoms with Crippen LogP contribution in [0, 0.1) is 16.2 Å². The van der Waals surface area contributed by atoms with Crippen LogP contribution in [0.15, 0.2) is 84.6 Å². The molecule has 0 saturated carbocycles. The molecule has 0 heterocycles. The van der Waals surface area contributed by atoms with Crippen LogP contribution in [0.3, 0.4) is 0 Å². The van der Waals surface area contributed by atoms with E-state index in [0.29, 0.717) is 0 Å². The van der Waals surface area contributed by atoms with Crippen LogP contribution in [0.25, 0.3) is 11.1 Å². The molecule has 1 unspecified atom stereocenters. The molecule has 1 heteroatoms. The molecule has 208 valence electrons. The van der Waals surface area contributed by atoms with Crippen LogP contribution in [-0.2, 0) is 0 Å². The smallest absolute Gasteiger partial charge is 0.0340 e. The van der Waals surface area contributed by atoms with Crippen molar-refractivity contribution in [1.29, 1.82) is 0 Å². The molecule has 1 aromatic rings.